The number of hydrogen-bond donors (Lipinski definition) is 0. The average Bonchev–Trinajstić information content (AvgIpc) is 2.12. The predicted molar refractivity (Wildman–Crippen MR) is 43.7 cm³/mol. The molecule has 0 nitrogen and oxygen atoms in total. The summed E-state index contributed by atoms with van der Waals surface area (Å²) >= 11 is 0. The molecule has 0 heterocycles. The molecule has 0 aromatic carbocycles. The third kappa shape index (κ3) is 1.36. The van der Waals surface area contributed by atoms with Crippen LogP contribution >= 0.6 is 0 Å². The monoisotopic (exact) mass is 137 g/mol. The molecule has 1 unspecified atom stereocenters. The maximum Gasteiger partial charge on any atom is -0.0238 e. The van der Waals surface area contributed by atoms with Crippen molar-refractivity contribution in [1.82, 2.24) is 0 Å². The van der Waals surface area contributed by atoms with Crippen LogP contribution in [0.5, 0.6) is 0 Å². The van der Waals surface area contributed by atoms with Crippen molar-refractivity contribution in [1.29, 1.82) is 0 Å². The first-order chi connectivity index (χ1) is 4.95. The van der Waals surface area contributed by atoms with Crippen molar-refractivity contribution < 1.29 is 0 Å². The fourth-order valence-corrected chi connectivity index (χ4v) is 2.53. The Bertz CT molecular complexity index is 94.6. The Morgan fingerprint density at radius 2 is 1.70 bits per heavy atom. The van der Waals surface area contributed by atoms with Gasteiger partial charge in [0.25, 0.3) is 0 Å². The molecule has 0 spiro atoms. The molecule has 0 heteroatoms. The van der Waals surface area contributed by atoms with Gasteiger partial charge in [-0.2, -0.15) is 0 Å². The summed E-state index contributed by atoms with van der Waals surface area (Å²) in [5.74, 6) is 3.00. The largest absolute Gasteiger partial charge is 0.0530 e. The van der Waals surface area contributed by atoms with Crippen LogP contribution in [0.4, 0.5) is 0 Å². The minimum atomic E-state index is 1.10. The number of hydrogen-bond acceptors (Lipinski definition) is 0. The van der Waals surface area contributed by atoms with Gasteiger partial charge < -0.3 is 0 Å². The van der Waals surface area contributed by atoms with Crippen LogP contribution in [0.15, 0.2) is 0 Å². The van der Waals surface area contributed by atoms with Crippen LogP contribution in [0.25, 0.3) is 0 Å². The van der Waals surface area contributed by atoms with E-state index in [0.29, 0.717) is 0 Å². The topological polar surface area (TPSA) is 0 Å². The first kappa shape index (κ1) is 6.69. The molecule has 0 N–H and O–H groups in total. The molecule has 0 saturated heterocycles. The molecule has 2 rings (SSSR count). The Hall–Kier alpha value is 0. The SMILES string of the molecule is C1CCC2CCC[C](C1)C2. The van der Waals surface area contributed by atoms with E-state index in [1.165, 1.54) is 51.4 Å². The van der Waals surface area contributed by atoms with Crippen LogP contribution in [-0.2, 0) is 0 Å². The summed E-state index contributed by atoms with van der Waals surface area (Å²) in [6.07, 6.45) is 12.0. The van der Waals surface area contributed by atoms with Crippen LogP contribution < -0.4 is 0 Å². The van der Waals surface area contributed by atoms with Crippen LogP contribution in [0.1, 0.15) is 51.4 Å². The molecule has 0 aliphatic heterocycles. The highest BCUT2D eigenvalue weighted by Crippen LogP contribution is 2.39. The zero-order chi connectivity index (χ0) is 6.81. The van der Waals surface area contributed by atoms with Crippen molar-refractivity contribution >= 4 is 0 Å². The fourth-order valence-electron chi connectivity index (χ4n) is 2.53. The molecule has 2 saturated carbocycles. The molecule has 1 atom stereocenters. The first-order valence-corrected chi connectivity index (χ1v) is 4.79. The Kier molecular flexibility index (Phi) is 1.97. The summed E-state index contributed by atoms with van der Waals surface area (Å²) in [4.78, 5) is 0. The quantitative estimate of drug-likeness (QED) is 0.480. The average molecular weight is 137 g/mol. The van der Waals surface area contributed by atoms with Crippen LogP contribution in [-0.4, -0.2) is 0 Å². The Morgan fingerprint density at radius 3 is 2.70 bits per heavy atom. The minimum Gasteiger partial charge on any atom is -0.0530 e. The second kappa shape index (κ2) is 2.94. The normalized spacial score (nSPS) is 35.4. The van der Waals surface area contributed by atoms with E-state index in [1.807, 2.05) is 5.92 Å². The van der Waals surface area contributed by atoms with Gasteiger partial charge in [0.2, 0.25) is 0 Å². The highest BCUT2D eigenvalue weighted by atomic mass is 14.3. The van der Waals surface area contributed by atoms with Gasteiger partial charge in [-0.25, -0.2) is 0 Å². The molecule has 57 valence electrons. The molecule has 2 fully saturated rings. The van der Waals surface area contributed by atoms with Crippen molar-refractivity contribution in [2.75, 3.05) is 0 Å². The van der Waals surface area contributed by atoms with Gasteiger partial charge >= 0.3 is 0 Å². The van der Waals surface area contributed by atoms with E-state index < -0.39 is 0 Å². The zero-order valence-electron chi connectivity index (χ0n) is 6.73. The molecule has 0 aromatic heterocycles. The highest BCUT2D eigenvalue weighted by Gasteiger charge is 2.24. The number of rotatable bonds is 0. The Balaban J connectivity index is 1.96. The van der Waals surface area contributed by atoms with E-state index in [1.54, 1.807) is 0 Å². The lowest BCUT2D eigenvalue weighted by molar-refractivity contribution is 0.373. The van der Waals surface area contributed by atoms with Gasteiger partial charge in [-0.1, -0.05) is 32.1 Å². The van der Waals surface area contributed by atoms with Gasteiger partial charge in [0, 0.05) is 0 Å². The fraction of sp³-hybridized carbons (Fsp3) is 0.900. The maximum absolute atomic E-state index is 1.90. The molecule has 10 heavy (non-hydrogen) atoms. The van der Waals surface area contributed by atoms with Gasteiger partial charge in [-0.15, -0.1) is 0 Å². The van der Waals surface area contributed by atoms with Gasteiger partial charge in [-0.3, -0.25) is 0 Å². The van der Waals surface area contributed by atoms with Gasteiger partial charge in [0.15, 0.2) is 0 Å². The third-order valence-corrected chi connectivity index (χ3v) is 3.11. The molecule has 2 bridgehead atoms. The second-order valence-electron chi connectivity index (χ2n) is 3.96. The smallest absolute Gasteiger partial charge is 0.0238 e. The lowest BCUT2D eigenvalue weighted by atomic mass is 9.81. The predicted octanol–water partition coefficient (Wildman–Crippen LogP) is 3.33. The van der Waals surface area contributed by atoms with Crippen LogP contribution in [0.2, 0.25) is 0 Å². The molecule has 2 aliphatic rings. The maximum atomic E-state index is 1.90. The summed E-state index contributed by atoms with van der Waals surface area (Å²) in [7, 11) is 0. The van der Waals surface area contributed by atoms with Crippen molar-refractivity contribution in [2.45, 2.75) is 51.4 Å². The molecule has 0 aromatic rings. The van der Waals surface area contributed by atoms with Crippen molar-refractivity contribution in [3.05, 3.63) is 5.92 Å². The van der Waals surface area contributed by atoms with E-state index in [-0.39, 0.29) is 0 Å². The standard InChI is InChI=1S/C10H17/c1-2-5-10-7-3-6-9(4-1)8-10/h9H,1-8H2. The van der Waals surface area contributed by atoms with Crippen molar-refractivity contribution in [2.24, 2.45) is 5.92 Å². The summed E-state index contributed by atoms with van der Waals surface area (Å²) in [5, 5.41) is 0. The minimum absolute atomic E-state index is 1.10. The zero-order valence-corrected chi connectivity index (χ0v) is 6.73. The van der Waals surface area contributed by atoms with Crippen LogP contribution in [0, 0.1) is 11.8 Å². The summed E-state index contributed by atoms with van der Waals surface area (Å²) in [6.45, 7) is 0. The van der Waals surface area contributed by atoms with E-state index >= 15 is 0 Å². The van der Waals surface area contributed by atoms with Crippen molar-refractivity contribution in [3.63, 3.8) is 0 Å². The highest BCUT2D eigenvalue weighted by molar-refractivity contribution is 4.96. The first-order valence-electron chi connectivity index (χ1n) is 4.79. The summed E-state index contributed by atoms with van der Waals surface area (Å²) in [6, 6.07) is 0. The van der Waals surface area contributed by atoms with E-state index in [0.717, 1.165) is 5.92 Å². The molecule has 0 amide bonds. The summed E-state index contributed by atoms with van der Waals surface area (Å²) < 4.78 is 0. The van der Waals surface area contributed by atoms with Crippen LogP contribution in [0.3, 0.4) is 0 Å². The van der Waals surface area contributed by atoms with E-state index in [2.05, 4.69) is 0 Å². The summed E-state index contributed by atoms with van der Waals surface area (Å²) in [5.41, 5.74) is 0. The Morgan fingerprint density at radius 1 is 0.900 bits per heavy atom. The van der Waals surface area contributed by atoms with E-state index in [4.69, 9.17) is 0 Å². The second-order valence-corrected chi connectivity index (χ2v) is 3.96. The lowest BCUT2D eigenvalue weighted by Crippen LogP contribution is -2.10. The van der Waals surface area contributed by atoms with Crippen molar-refractivity contribution in [3.8, 4) is 0 Å². The molecule has 2 aliphatic carbocycles. The molecular weight excluding hydrogens is 120 g/mol. The molecular formula is C10H17. The number of fused-ring (bicyclic) bond motifs is 2. The Labute approximate surface area is 64.0 Å². The van der Waals surface area contributed by atoms with E-state index in [9.17, 15) is 0 Å². The third-order valence-electron chi connectivity index (χ3n) is 3.11. The van der Waals surface area contributed by atoms with Gasteiger partial charge in [-0.05, 0) is 31.1 Å². The van der Waals surface area contributed by atoms with Gasteiger partial charge in [0.1, 0.15) is 0 Å². The van der Waals surface area contributed by atoms with Gasteiger partial charge in [0.05, 0.1) is 0 Å². The molecule has 1 radical (unpaired) electrons. The lowest BCUT2D eigenvalue weighted by Gasteiger charge is -2.25.